The van der Waals surface area contributed by atoms with Crippen molar-refractivity contribution in [2.75, 3.05) is 20.7 Å². The molecule has 0 amide bonds. The number of nitrogens with two attached hydrogens (primary N) is 1. The van der Waals surface area contributed by atoms with Crippen LogP contribution in [0.1, 0.15) is 25.8 Å². The average Bonchev–Trinajstić information content (AvgIpc) is 2.26. The molecule has 0 aliphatic carbocycles. The maximum absolute atomic E-state index is 6.23. The van der Waals surface area contributed by atoms with E-state index in [-0.39, 0.29) is 5.66 Å². The third-order valence-corrected chi connectivity index (χ3v) is 2.95. The number of nitrogens with zero attached hydrogens (tertiary/aromatic N) is 1. The van der Waals surface area contributed by atoms with E-state index in [9.17, 15) is 0 Å². The van der Waals surface area contributed by atoms with Crippen molar-refractivity contribution in [2.45, 2.75) is 32.4 Å². The van der Waals surface area contributed by atoms with E-state index in [0.29, 0.717) is 0 Å². The molecule has 3 heteroatoms. The lowest BCUT2D eigenvalue weighted by molar-refractivity contribution is 0.180. The first-order chi connectivity index (χ1) is 7.95. The van der Waals surface area contributed by atoms with Crippen molar-refractivity contribution in [3.05, 3.63) is 29.8 Å². The molecule has 1 aromatic carbocycles. The predicted octanol–water partition coefficient (Wildman–Crippen LogP) is 2.25. The molecule has 0 aliphatic rings. The van der Waals surface area contributed by atoms with Gasteiger partial charge in [0.05, 0.1) is 12.3 Å². The van der Waals surface area contributed by atoms with Gasteiger partial charge in [0.15, 0.2) is 0 Å². The normalized spacial score (nSPS) is 14.7. The Labute approximate surface area is 105 Å². The highest BCUT2D eigenvalue weighted by Gasteiger charge is 2.21. The van der Waals surface area contributed by atoms with E-state index in [1.54, 1.807) is 0 Å². The number of ether oxygens (including phenoxy) is 1. The summed E-state index contributed by atoms with van der Waals surface area (Å²) < 4.78 is 5.62. The van der Waals surface area contributed by atoms with Crippen molar-refractivity contribution in [1.82, 2.24) is 4.90 Å². The first-order valence-corrected chi connectivity index (χ1v) is 6.14. The fourth-order valence-corrected chi connectivity index (χ4v) is 1.54. The maximum atomic E-state index is 6.23. The number of benzene rings is 1. The van der Waals surface area contributed by atoms with Gasteiger partial charge in [-0.3, -0.25) is 4.90 Å². The molecular weight excluding hydrogens is 212 g/mol. The van der Waals surface area contributed by atoms with Gasteiger partial charge in [-0.05, 0) is 45.1 Å². The Hall–Kier alpha value is -1.06. The van der Waals surface area contributed by atoms with Crippen LogP contribution in [-0.4, -0.2) is 31.3 Å². The molecule has 1 rings (SSSR count). The van der Waals surface area contributed by atoms with Crippen LogP contribution in [0.2, 0.25) is 0 Å². The summed E-state index contributed by atoms with van der Waals surface area (Å²) in [5, 5.41) is 0. The molecule has 17 heavy (non-hydrogen) atoms. The second kappa shape index (κ2) is 6.03. The molecule has 2 N–H and O–H groups in total. The molecule has 1 aromatic rings. The predicted molar refractivity (Wildman–Crippen MR) is 72.2 cm³/mol. The topological polar surface area (TPSA) is 38.5 Å². The Kier molecular flexibility index (Phi) is 4.97. The van der Waals surface area contributed by atoms with Gasteiger partial charge in [0.1, 0.15) is 5.75 Å². The molecule has 0 saturated heterocycles. The largest absolute Gasteiger partial charge is 0.494 e. The molecule has 1 unspecified atom stereocenters. The van der Waals surface area contributed by atoms with Gasteiger partial charge in [-0.1, -0.05) is 19.1 Å². The summed E-state index contributed by atoms with van der Waals surface area (Å²) in [6.07, 6.45) is 1.83. The highest BCUT2D eigenvalue weighted by molar-refractivity contribution is 5.29. The molecule has 0 radical (unpaired) electrons. The maximum Gasteiger partial charge on any atom is 0.119 e. The monoisotopic (exact) mass is 236 g/mol. The molecule has 0 heterocycles. The third kappa shape index (κ3) is 4.36. The van der Waals surface area contributed by atoms with E-state index in [2.05, 4.69) is 19.1 Å². The van der Waals surface area contributed by atoms with Crippen LogP contribution in [0.25, 0.3) is 0 Å². The van der Waals surface area contributed by atoms with E-state index >= 15 is 0 Å². The van der Waals surface area contributed by atoms with Gasteiger partial charge in [0.25, 0.3) is 0 Å². The summed E-state index contributed by atoms with van der Waals surface area (Å²) in [5.41, 5.74) is 7.10. The van der Waals surface area contributed by atoms with Crippen LogP contribution in [0.15, 0.2) is 24.3 Å². The molecule has 0 aromatic heterocycles. The zero-order valence-corrected chi connectivity index (χ0v) is 11.4. The van der Waals surface area contributed by atoms with Crippen LogP contribution in [0.3, 0.4) is 0 Å². The van der Waals surface area contributed by atoms with Gasteiger partial charge in [-0.25, -0.2) is 0 Å². The smallest absolute Gasteiger partial charge is 0.119 e. The molecule has 0 spiro atoms. The minimum atomic E-state index is -0.330. The van der Waals surface area contributed by atoms with Gasteiger partial charge in [-0.2, -0.15) is 0 Å². The number of likely N-dealkylation sites (N-methyl/N-ethyl adjacent to an activating group) is 1. The lowest BCUT2D eigenvalue weighted by Crippen LogP contribution is -2.51. The summed E-state index contributed by atoms with van der Waals surface area (Å²) in [5.74, 6) is 0.930. The second-order valence-corrected chi connectivity index (χ2v) is 4.92. The highest BCUT2D eigenvalue weighted by atomic mass is 16.5. The first-order valence-electron chi connectivity index (χ1n) is 6.14. The van der Waals surface area contributed by atoms with E-state index in [1.807, 2.05) is 38.1 Å². The standard InChI is InChI=1S/C14H24N2O/c1-5-9-17-13-8-6-7-12(10-13)11-14(2,15)16(3)4/h6-8,10H,5,9,11,15H2,1-4H3. The van der Waals surface area contributed by atoms with Crippen LogP contribution >= 0.6 is 0 Å². The molecular formula is C14H24N2O. The van der Waals surface area contributed by atoms with E-state index in [1.165, 1.54) is 5.56 Å². The molecule has 0 saturated carbocycles. The quantitative estimate of drug-likeness (QED) is 0.770. The minimum Gasteiger partial charge on any atom is -0.494 e. The van der Waals surface area contributed by atoms with Crippen molar-refractivity contribution < 1.29 is 4.74 Å². The van der Waals surface area contributed by atoms with Crippen LogP contribution in [0, 0.1) is 0 Å². The fraction of sp³-hybridized carbons (Fsp3) is 0.571. The molecule has 96 valence electrons. The number of hydrogen-bond donors (Lipinski definition) is 1. The van der Waals surface area contributed by atoms with Crippen LogP contribution < -0.4 is 10.5 Å². The van der Waals surface area contributed by atoms with Crippen molar-refractivity contribution >= 4 is 0 Å². The van der Waals surface area contributed by atoms with E-state index in [4.69, 9.17) is 10.5 Å². The van der Waals surface area contributed by atoms with Gasteiger partial charge >= 0.3 is 0 Å². The molecule has 0 bridgehead atoms. The fourth-order valence-electron chi connectivity index (χ4n) is 1.54. The van der Waals surface area contributed by atoms with Gasteiger partial charge in [-0.15, -0.1) is 0 Å². The lowest BCUT2D eigenvalue weighted by Gasteiger charge is -2.32. The van der Waals surface area contributed by atoms with Crippen molar-refractivity contribution in [2.24, 2.45) is 5.73 Å². The second-order valence-electron chi connectivity index (χ2n) is 4.92. The van der Waals surface area contributed by atoms with Crippen LogP contribution in [0.4, 0.5) is 0 Å². The van der Waals surface area contributed by atoms with Crippen LogP contribution in [0.5, 0.6) is 5.75 Å². The summed E-state index contributed by atoms with van der Waals surface area (Å²) in [4.78, 5) is 2.03. The lowest BCUT2D eigenvalue weighted by atomic mass is 10.0. The summed E-state index contributed by atoms with van der Waals surface area (Å²) in [6, 6.07) is 8.17. The van der Waals surface area contributed by atoms with Gasteiger partial charge in [0, 0.05) is 6.42 Å². The summed E-state index contributed by atoms with van der Waals surface area (Å²) >= 11 is 0. The molecule has 1 atom stereocenters. The number of hydrogen-bond acceptors (Lipinski definition) is 3. The van der Waals surface area contributed by atoms with Gasteiger partial charge < -0.3 is 10.5 Å². The summed E-state index contributed by atoms with van der Waals surface area (Å²) in [7, 11) is 3.99. The average molecular weight is 236 g/mol. The van der Waals surface area contributed by atoms with Gasteiger partial charge in [0.2, 0.25) is 0 Å². The Morgan fingerprint density at radius 3 is 2.65 bits per heavy atom. The van der Waals surface area contributed by atoms with Crippen molar-refractivity contribution in [3.8, 4) is 5.75 Å². The molecule has 0 aliphatic heterocycles. The summed E-state index contributed by atoms with van der Waals surface area (Å²) in [6.45, 7) is 4.90. The van der Waals surface area contributed by atoms with Crippen LogP contribution in [-0.2, 0) is 6.42 Å². The zero-order valence-electron chi connectivity index (χ0n) is 11.4. The van der Waals surface area contributed by atoms with Crippen molar-refractivity contribution in [1.29, 1.82) is 0 Å². The molecule has 3 nitrogen and oxygen atoms in total. The third-order valence-electron chi connectivity index (χ3n) is 2.95. The number of rotatable bonds is 6. The SMILES string of the molecule is CCCOc1cccc(CC(C)(N)N(C)C)c1. The Morgan fingerprint density at radius 1 is 1.35 bits per heavy atom. The van der Waals surface area contributed by atoms with E-state index < -0.39 is 0 Å². The van der Waals surface area contributed by atoms with Crippen molar-refractivity contribution in [3.63, 3.8) is 0 Å². The highest BCUT2D eigenvalue weighted by Crippen LogP contribution is 2.18. The molecule has 0 fully saturated rings. The Balaban J connectivity index is 2.71. The Bertz CT molecular complexity index is 348. The minimum absolute atomic E-state index is 0.330. The van der Waals surface area contributed by atoms with E-state index in [0.717, 1.165) is 25.2 Å². The zero-order chi connectivity index (χ0) is 12.9. The first kappa shape index (κ1) is 14.0. The Morgan fingerprint density at radius 2 is 2.06 bits per heavy atom.